The van der Waals surface area contributed by atoms with Crippen LogP contribution in [0.1, 0.15) is 29.1 Å². The van der Waals surface area contributed by atoms with Gasteiger partial charge in [-0.3, -0.25) is 0 Å². The van der Waals surface area contributed by atoms with Crippen molar-refractivity contribution in [2.45, 2.75) is 25.6 Å². The Morgan fingerprint density at radius 3 is 2.56 bits per heavy atom. The van der Waals surface area contributed by atoms with Crippen molar-refractivity contribution < 1.29 is 17.9 Å². The first kappa shape index (κ1) is 22.9. The number of alkyl halides is 3. The van der Waals surface area contributed by atoms with Gasteiger partial charge in [0, 0.05) is 11.9 Å². The molecule has 0 saturated heterocycles. The minimum Gasteiger partial charge on any atom is -0.488 e. The van der Waals surface area contributed by atoms with Crippen LogP contribution >= 0.6 is 23.2 Å². The number of aromatic nitrogens is 3. The van der Waals surface area contributed by atoms with Crippen LogP contribution in [0.3, 0.4) is 0 Å². The molecule has 0 fully saturated rings. The average molecular weight is 506 g/mol. The summed E-state index contributed by atoms with van der Waals surface area (Å²) in [7, 11) is 0. The summed E-state index contributed by atoms with van der Waals surface area (Å²) in [5.41, 5.74) is 1.79. The Kier molecular flexibility index (Phi) is 6.08. The predicted molar refractivity (Wildman–Crippen MR) is 126 cm³/mol. The van der Waals surface area contributed by atoms with Crippen molar-refractivity contribution in [3.8, 4) is 5.69 Å². The van der Waals surface area contributed by atoms with Crippen LogP contribution in [0.25, 0.3) is 11.8 Å². The van der Waals surface area contributed by atoms with E-state index in [-0.39, 0.29) is 28.0 Å². The lowest BCUT2D eigenvalue weighted by Gasteiger charge is -2.26. The summed E-state index contributed by atoms with van der Waals surface area (Å²) in [5.74, 6) is 1.32. The van der Waals surface area contributed by atoms with Crippen LogP contribution in [0.2, 0.25) is 10.0 Å². The lowest BCUT2D eigenvalue weighted by Crippen LogP contribution is -2.17. The fraction of sp³-hybridized carbons (Fsp3) is 0.240. The number of hydrogen-bond acceptors (Lipinski definition) is 2. The fourth-order valence-electron chi connectivity index (χ4n) is 4.33. The maximum absolute atomic E-state index is 13.4. The van der Waals surface area contributed by atoms with Crippen molar-refractivity contribution in [2.75, 3.05) is 0 Å². The molecule has 2 aliphatic rings. The van der Waals surface area contributed by atoms with Crippen molar-refractivity contribution in [1.29, 1.82) is 0 Å². The van der Waals surface area contributed by atoms with Gasteiger partial charge in [0.25, 0.3) is 0 Å². The molecule has 4 nitrogen and oxygen atoms in total. The number of aromatic amines is 1. The Hall–Kier alpha value is -2.90. The molecule has 2 unspecified atom stereocenters. The number of allylic oxidation sites excluding steroid dienone is 4. The fourth-order valence-corrected chi connectivity index (χ4v) is 4.89. The normalized spacial score (nSPS) is 19.7. The molecule has 1 N–H and O–H groups in total. The highest BCUT2D eigenvalue weighted by Gasteiger charge is 2.35. The largest absolute Gasteiger partial charge is 0.488 e. The predicted octanol–water partition coefficient (Wildman–Crippen LogP) is 7.39. The van der Waals surface area contributed by atoms with Gasteiger partial charge in [-0.15, -0.1) is 0 Å². The van der Waals surface area contributed by atoms with Crippen LogP contribution in [0, 0.1) is 11.8 Å². The van der Waals surface area contributed by atoms with Crippen molar-refractivity contribution in [1.82, 2.24) is 14.8 Å². The molecule has 1 aromatic carbocycles. The van der Waals surface area contributed by atoms with E-state index in [1.54, 1.807) is 18.2 Å². The molecule has 2 aromatic heterocycles. The molecule has 5 rings (SSSR count). The monoisotopic (exact) mass is 505 g/mol. The van der Waals surface area contributed by atoms with E-state index < -0.39 is 11.9 Å². The van der Waals surface area contributed by atoms with E-state index in [4.69, 9.17) is 27.9 Å². The van der Waals surface area contributed by atoms with Gasteiger partial charge in [-0.1, -0.05) is 41.4 Å². The Bertz CT molecular complexity index is 1280. The Labute approximate surface area is 204 Å². The molecule has 2 aliphatic carbocycles. The third-order valence-electron chi connectivity index (χ3n) is 6.09. The number of hydrogen-bond donors (Lipinski definition) is 1. The Morgan fingerprint density at radius 1 is 1.09 bits per heavy atom. The van der Waals surface area contributed by atoms with Gasteiger partial charge in [-0.05, 0) is 72.7 Å². The standard InChI is InChI=1S/C25H20Cl2F3N3O/c26-20-2-1-3-21(27)24(20)33-18(13-23(32-33)25(28,29)30)14-34-19-7-4-15(5-8-19)16-6-9-22-17(12-16)10-11-31-22/h1-4,6-11,13,15-16,31H,5,12,14H2. The first-order valence-electron chi connectivity index (χ1n) is 10.8. The van der Waals surface area contributed by atoms with Crippen LogP contribution in [0.5, 0.6) is 0 Å². The number of ether oxygens (including phenoxy) is 1. The van der Waals surface area contributed by atoms with E-state index in [0.29, 0.717) is 17.6 Å². The summed E-state index contributed by atoms with van der Waals surface area (Å²) in [6, 6.07) is 7.77. The Morgan fingerprint density at radius 2 is 1.85 bits per heavy atom. The van der Waals surface area contributed by atoms with Gasteiger partial charge in [0.15, 0.2) is 5.69 Å². The summed E-state index contributed by atoms with van der Waals surface area (Å²) in [6.45, 7) is -0.123. The summed E-state index contributed by atoms with van der Waals surface area (Å²) < 4.78 is 47.1. The number of nitrogens with one attached hydrogen (secondary N) is 1. The molecule has 0 bridgehead atoms. The van der Waals surface area contributed by atoms with Gasteiger partial charge in [-0.2, -0.15) is 18.3 Å². The number of halogens is 5. The molecule has 0 radical (unpaired) electrons. The number of benzene rings is 1. The van der Waals surface area contributed by atoms with E-state index in [1.165, 1.54) is 5.56 Å². The van der Waals surface area contributed by atoms with Crippen LogP contribution in [-0.4, -0.2) is 14.8 Å². The smallest absolute Gasteiger partial charge is 0.435 e. The van der Waals surface area contributed by atoms with Gasteiger partial charge in [0.2, 0.25) is 0 Å². The van der Waals surface area contributed by atoms with Gasteiger partial charge in [0.05, 0.1) is 15.7 Å². The van der Waals surface area contributed by atoms with Gasteiger partial charge in [-0.25, -0.2) is 4.68 Å². The van der Waals surface area contributed by atoms with Crippen molar-refractivity contribution in [3.63, 3.8) is 0 Å². The number of nitrogens with zero attached hydrogens (tertiary/aromatic N) is 2. The highest BCUT2D eigenvalue weighted by atomic mass is 35.5. The lowest BCUT2D eigenvalue weighted by molar-refractivity contribution is -0.141. The SMILES string of the molecule is FC(F)(F)c1cc(COC2=CCC(C3C=Cc4[nH]ccc4C3)C=C2)n(-c2c(Cl)cccc2Cl)n1. The third-order valence-corrected chi connectivity index (χ3v) is 6.70. The van der Waals surface area contributed by atoms with Crippen molar-refractivity contribution in [3.05, 3.63) is 99.3 Å². The number of H-pyrrole nitrogens is 1. The first-order chi connectivity index (χ1) is 16.3. The minimum atomic E-state index is -4.61. The highest BCUT2D eigenvalue weighted by molar-refractivity contribution is 6.37. The molecule has 34 heavy (non-hydrogen) atoms. The topological polar surface area (TPSA) is 42.8 Å². The zero-order valence-electron chi connectivity index (χ0n) is 17.8. The highest BCUT2D eigenvalue weighted by Crippen LogP contribution is 2.35. The average Bonchev–Trinajstić information content (AvgIpc) is 3.44. The summed E-state index contributed by atoms with van der Waals surface area (Å²) >= 11 is 12.5. The third kappa shape index (κ3) is 4.55. The van der Waals surface area contributed by atoms with Gasteiger partial charge >= 0.3 is 6.18 Å². The molecule has 0 amide bonds. The maximum atomic E-state index is 13.4. The number of para-hydroxylation sites is 1. The molecule has 0 saturated carbocycles. The zero-order valence-corrected chi connectivity index (χ0v) is 19.3. The lowest BCUT2D eigenvalue weighted by atomic mass is 9.80. The molecule has 0 aliphatic heterocycles. The van der Waals surface area contributed by atoms with Crippen molar-refractivity contribution in [2.24, 2.45) is 11.8 Å². The maximum Gasteiger partial charge on any atom is 0.435 e. The van der Waals surface area contributed by atoms with Crippen molar-refractivity contribution >= 4 is 29.3 Å². The molecule has 3 aromatic rings. The van der Waals surface area contributed by atoms with Crippen LogP contribution in [0.4, 0.5) is 13.2 Å². The zero-order chi connectivity index (χ0) is 23.9. The Balaban J connectivity index is 1.31. The number of fused-ring (bicyclic) bond motifs is 1. The van der Waals surface area contributed by atoms with E-state index >= 15 is 0 Å². The van der Waals surface area contributed by atoms with Crippen LogP contribution < -0.4 is 0 Å². The molecular formula is C25H20Cl2F3N3O. The van der Waals surface area contributed by atoms with Crippen LogP contribution in [0.15, 0.2) is 66.6 Å². The first-order valence-corrected chi connectivity index (χ1v) is 11.5. The second-order valence-corrected chi connectivity index (χ2v) is 9.11. The van der Waals surface area contributed by atoms with E-state index in [2.05, 4.69) is 34.4 Å². The molecule has 9 heteroatoms. The second-order valence-electron chi connectivity index (χ2n) is 8.30. The quantitative estimate of drug-likeness (QED) is 0.392. The van der Waals surface area contributed by atoms with Gasteiger partial charge in [0.1, 0.15) is 18.1 Å². The molecular weight excluding hydrogens is 486 g/mol. The summed E-state index contributed by atoms with van der Waals surface area (Å²) in [5, 5.41) is 4.10. The van der Waals surface area contributed by atoms with Gasteiger partial charge < -0.3 is 9.72 Å². The summed E-state index contributed by atoms with van der Waals surface area (Å²) in [4.78, 5) is 3.22. The molecule has 176 valence electrons. The summed E-state index contributed by atoms with van der Waals surface area (Å²) in [6.07, 6.45) is 9.37. The number of rotatable bonds is 5. The second kappa shape index (κ2) is 9.04. The molecule has 0 spiro atoms. The van der Waals surface area contributed by atoms with E-state index in [0.717, 1.165) is 29.3 Å². The molecule has 2 heterocycles. The van der Waals surface area contributed by atoms with E-state index in [9.17, 15) is 13.2 Å². The minimum absolute atomic E-state index is 0.123. The molecule has 2 atom stereocenters. The van der Waals surface area contributed by atoms with Crippen LogP contribution in [-0.2, 0) is 23.9 Å². The van der Waals surface area contributed by atoms with E-state index in [1.807, 2.05) is 18.3 Å².